The molecule has 0 saturated heterocycles. The first kappa shape index (κ1) is 17.1. The van der Waals surface area contributed by atoms with Gasteiger partial charge in [0.25, 0.3) is 0 Å². The first-order valence-electron chi connectivity index (χ1n) is 7.88. The van der Waals surface area contributed by atoms with Crippen LogP contribution in [-0.4, -0.2) is 37.2 Å². The van der Waals surface area contributed by atoms with Gasteiger partial charge in [-0.3, -0.25) is 4.98 Å². The molecule has 1 rings (SSSR count). The number of aromatic nitrogens is 1. The lowest BCUT2D eigenvalue weighted by Crippen LogP contribution is -2.37. The monoisotopic (exact) mass is 278 g/mol. The summed E-state index contributed by atoms with van der Waals surface area (Å²) in [6.07, 6.45) is 6.44. The Morgan fingerprint density at radius 2 is 2.05 bits per heavy atom. The largest absolute Gasteiger partial charge is 0.329 e. The molecule has 114 valence electrons. The first-order valence-corrected chi connectivity index (χ1v) is 7.88. The van der Waals surface area contributed by atoms with E-state index in [1.807, 2.05) is 6.20 Å². The van der Waals surface area contributed by atoms with E-state index in [2.05, 4.69) is 41.6 Å². The molecule has 1 heterocycles. The normalized spacial score (nSPS) is 12.6. The summed E-state index contributed by atoms with van der Waals surface area (Å²) in [6.45, 7) is 7.95. The molecule has 0 bridgehead atoms. The summed E-state index contributed by atoms with van der Waals surface area (Å²) in [5, 5.41) is 6.87. The lowest BCUT2D eigenvalue weighted by Gasteiger charge is -2.17. The van der Waals surface area contributed by atoms with E-state index in [9.17, 15) is 0 Å². The van der Waals surface area contributed by atoms with E-state index in [0.29, 0.717) is 12.6 Å². The van der Waals surface area contributed by atoms with Crippen LogP contribution in [0.2, 0.25) is 0 Å². The fourth-order valence-electron chi connectivity index (χ4n) is 2.22. The molecule has 0 aromatic carbocycles. The van der Waals surface area contributed by atoms with Crippen molar-refractivity contribution in [3.63, 3.8) is 0 Å². The quantitative estimate of drug-likeness (QED) is 0.537. The van der Waals surface area contributed by atoms with Gasteiger partial charge in [0.1, 0.15) is 0 Å². The van der Waals surface area contributed by atoms with Crippen LogP contribution >= 0.6 is 0 Å². The second-order valence-electron chi connectivity index (χ2n) is 5.21. The molecule has 1 unspecified atom stereocenters. The fourth-order valence-corrected chi connectivity index (χ4v) is 2.22. The molecular weight excluding hydrogens is 248 g/mol. The molecule has 0 amide bonds. The van der Waals surface area contributed by atoms with Crippen molar-refractivity contribution in [3.05, 3.63) is 29.6 Å². The minimum atomic E-state index is 0.499. The van der Waals surface area contributed by atoms with Gasteiger partial charge in [-0.1, -0.05) is 26.3 Å². The molecule has 0 fully saturated rings. The topological polar surface area (TPSA) is 63.0 Å². The maximum Gasteiger partial charge on any atom is 0.0419 e. The molecule has 1 atom stereocenters. The Labute approximate surface area is 123 Å². The van der Waals surface area contributed by atoms with Gasteiger partial charge in [0.2, 0.25) is 0 Å². The SMILES string of the molecule is CCCc1ccc(CC(CC)NCCNCCN)nc1. The maximum atomic E-state index is 5.44. The summed E-state index contributed by atoms with van der Waals surface area (Å²) in [5.41, 5.74) is 7.96. The van der Waals surface area contributed by atoms with Crippen LogP contribution in [0.25, 0.3) is 0 Å². The smallest absolute Gasteiger partial charge is 0.0419 e. The van der Waals surface area contributed by atoms with Gasteiger partial charge in [-0.25, -0.2) is 0 Å². The molecule has 0 aliphatic heterocycles. The molecule has 4 heteroatoms. The average molecular weight is 278 g/mol. The molecule has 0 saturated carbocycles. The Morgan fingerprint density at radius 1 is 1.20 bits per heavy atom. The number of hydrogen-bond donors (Lipinski definition) is 3. The van der Waals surface area contributed by atoms with Gasteiger partial charge in [0.05, 0.1) is 0 Å². The third kappa shape index (κ3) is 6.98. The van der Waals surface area contributed by atoms with Crippen molar-refractivity contribution in [2.45, 2.75) is 45.6 Å². The molecule has 0 aliphatic rings. The van der Waals surface area contributed by atoms with Crippen molar-refractivity contribution < 1.29 is 0 Å². The van der Waals surface area contributed by atoms with Crippen LogP contribution in [0.3, 0.4) is 0 Å². The van der Waals surface area contributed by atoms with E-state index in [4.69, 9.17) is 5.73 Å². The summed E-state index contributed by atoms with van der Waals surface area (Å²) in [5.74, 6) is 0. The van der Waals surface area contributed by atoms with Crippen LogP contribution in [0.4, 0.5) is 0 Å². The van der Waals surface area contributed by atoms with Crippen molar-refractivity contribution in [1.29, 1.82) is 0 Å². The number of nitrogens with two attached hydrogens (primary N) is 1. The van der Waals surface area contributed by atoms with Crippen molar-refractivity contribution in [1.82, 2.24) is 15.6 Å². The standard InChI is InChI=1S/C16H30N4/c1-3-5-14-6-7-16(20-13-14)12-15(4-2)19-11-10-18-9-8-17/h6-7,13,15,18-19H,3-5,8-12,17H2,1-2H3. The van der Waals surface area contributed by atoms with Gasteiger partial charge < -0.3 is 16.4 Å². The van der Waals surface area contributed by atoms with E-state index in [1.54, 1.807) is 0 Å². The third-order valence-electron chi connectivity index (χ3n) is 3.43. The fraction of sp³-hybridized carbons (Fsp3) is 0.688. The van der Waals surface area contributed by atoms with Crippen LogP contribution in [-0.2, 0) is 12.8 Å². The van der Waals surface area contributed by atoms with Crippen molar-refractivity contribution in [3.8, 4) is 0 Å². The zero-order valence-electron chi connectivity index (χ0n) is 13.0. The zero-order chi connectivity index (χ0) is 14.6. The lowest BCUT2D eigenvalue weighted by atomic mass is 10.1. The Hall–Kier alpha value is -0.970. The summed E-state index contributed by atoms with van der Waals surface area (Å²) < 4.78 is 0. The highest BCUT2D eigenvalue weighted by Crippen LogP contribution is 2.06. The van der Waals surface area contributed by atoms with E-state index >= 15 is 0 Å². The van der Waals surface area contributed by atoms with E-state index in [-0.39, 0.29) is 0 Å². The zero-order valence-corrected chi connectivity index (χ0v) is 13.0. The molecule has 0 aliphatic carbocycles. The average Bonchev–Trinajstić information content (AvgIpc) is 2.48. The predicted molar refractivity (Wildman–Crippen MR) is 85.9 cm³/mol. The van der Waals surface area contributed by atoms with Crippen molar-refractivity contribution >= 4 is 0 Å². The van der Waals surface area contributed by atoms with Gasteiger partial charge in [-0.2, -0.15) is 0 Å². The highest BCUT2D eigenvalue weighted by atomic mass is 15.0. The molecule has 4 nitrogen and oxygen atoms in total. The molecule has 20 heavy (non-hydrogen) atoms. The number of aryl methyl sites for hydroxylation is 1. The van der Waals surface area contributed by atoms with Crippen LogP contribution in [0.15, 0.2) is 18.3 Å². The number of rotatable bonds is 11. The van der Waals surface area contributed by atoms with Gasteiger partial charge in [0.15, 0.2) is 0 Å². The summed E-state index contributed by atoms with van der Waals surface area (Å²) in [7, 11) is 0. The Kier molecular flexibility index (Phi) is 9.20. The second kappa shape index (κ2) is 10.8. The number of pyridine rings is 1. The van der Waals surface area contributed by atoms with Crippen LogP contribution in [0.1, 0.15) is 37.9 Å². The molecule has 0 radical (unpaired) electrons. The van der Waals surface area contributed by atoms with Crippen LogP contribution < -0.4 is 16.4 Å². The minimum absolute atomic E-state index is 0.499. The Balaban J connectivity index is 2.31. The summed E-state index contributed by atoms with van der Waals surface area (Å²) in [4.78, 5) is 4.57. The highest BCUT2D eigenvalue weighted by Gasteiger charge is 2.07. The van der Waals surface area contributed by atoms with Gasteiger partial charge in [-0.15, -0.1) is 0 Å². The van der Waals surface area contributed by atoms with Crippen molar-refractivity contribution in [2.24, 2.45) is 5.73 Å². The van der Waals surface area contributed by atoms with Gasteiger partial charge >= 0.3 is 0 Å². The minimum Gasteiger partial charge on any atom is -0.329 e. The van der Waals surface area contributed by atoms with Gasteiger partial charge in [0, 0.05) is 50.5 Å². The van der Waals surface area contributed by atoms with Crippen LogP contribution in [0, 0.1) is 0 Å². The second-order valence-corrected chi connectivity index (χ2v) is 5.21. The molecule has 1 aromatic heterocycles. The summed E-state index contributed by atoms with van der Waals surface area (Å²) >= 11 is 0. The van der Waals surface area contributed by atoms with E-state index in [0.717, 1.165) is 38.9 Å². The molecule has 0 spiro atoms. The highest BCUT2D eigenvalue weighted by molar-refractivity contribution is 5.15. The first-order chi connectivity index (χ1) is 9.80. The number of hydrogen-bond acceptors (Lipinski definition) is 4. The van der Waals surface area contributed by atoms with Gasteiger partial charge in [-0.05, 0) is 24.5 Å². The van der Waals surface area contributed by atoms with Crippen LogP contribution in [0.5, 0.6) is 0 Å². The Bertz CT molecular complexity index is 337. The third-order valence-corrected chi connectivity index (χ3v) is 3.43. The summed E-state index contributed by atoms with van der Waals surface area (Å²) in [6, 6.07) is 4.88. The lowest BCUT2D eigenvalue weighted by molar-refractivity contribution is 0.482. The maximum absolute atomic E-state index is 5.44. The molecule has 1 aromatic rings. The van der Waals surface area contributed by atoms with Crippen molar-refractivity contribution in [2.75, 3.05) is 26.2 Å². The van der Waals surface area contributed by atoms with E-state index in [1.165, 1.54) is 17.7 Å². The Morgan fingerprint density at radius 3 is 2.65 bits per heavy atom. The number of nitrogens with zero attached hydrogens (tertiary/aromatic N) is 1. The number of nitrogens with one attached hydrogen (secondary N) is 2. The van der Waals surface area contributed by atoms with E-state index < -0.39 is 0 Å². The molecule has 4 N–H and O–H groups in total. The molecular formula is C16H30N4. The predicted octanol–water partition coefficient (Wildman–Crippen LogP) is 1.49.